The van der Waals surface area contributed by atoms with E-state index in [9.17, 15) is 19.2 Å². The maximum absolute atomic E-state index is 13.5. The van der Waals surface area contributed by atoms with Gasteiger partial charge in [-0.2, -0.15) is 0 Å². The molecule has 0 aliphatic heterocycles. The standard InChI is InChI=1S/C75H12O8/c1-5-9-12-15-18-21-24-27-30-33-36-39-42-45-48-51-54-57-60-63-66-80-72(77)69-75(83-71(76)8-4,74(79)82-68-65-62-59-56-53-50-47-44-41-38-35-32-29-26-23-20-17-14-11-7-3)70-73(78)81-67-64-61-58-55-52-49-46-43-40-37-34-31-28-25-22-19-16-13-10-6-2/h1-3H,8,69-70H2,4H3. The minimum Gasteiger partial charge on any atom is -0.446 e. The molecule has 0 rings (SSSR count). The van der Waals surface area contributed by atoms with Crippen LogP contribution in [-0.2, 0) is 38.1 Å². The number of hydrogen-bond acceptors (Lipinski definition) is 8. The van der Waals surface area contributed by atoms with Crippen LogP contribution in [-0.4, -0.2) is 29.5 Å². The Kier molecular flexibility index (Phi) is 42.5. The van der Waals surface area contributed by atoms with Gasteiger partial charge in [0.2, 0.25) is 5.60 Å². The summed E-state index contributed by atoms with van der Waals surface area (Å²) in [6.07, 6.45) is 18.1. The third-order valence-corrected chi connectivity index (χ3v) is 6.05. The SMILES string of the molecule is C#CC#CC#CC#CC#CC#CC#CC#CC#CC#CC#COC(=O)CC(CC(=O)OC#CC#CC#CC#CC#CC#CC#CC#CC#CC#CC#C)(OC(=O)CC)C(=O)OC#CC#CC#CC#CC#CC#CC#CC#CC#CC#CC#C. The van der Waals surface area contributed by atoms with Crippen molar-refractivity contribution in [3.05, 3.63) is 0 Å². The molecule has 0 atom stereocenters. The van der Waals surface area contributed by atoms with Crippen LogP contribution in [0.4, 0.5) is 0 Å². The average Bonchev–Trinajstić information content (AvgIpc) is 3.66. The summed E-state index contributed by atoms with van der Waals surface area (Å²) in [5.41, 5.74) is -2.75. The van der Waals surface area contributed by atoms with E-state index >= 15 is 0 Å². The first-order valence-electron chi connectivity index (χ1n) is 21.0. The second-order valence-corrected chi connectivity index (χ2v) is 11.4. The number of hydrogen-bond donors (Lipinski definition) is 0. The molecule has 83 heavy (non-hydrogen) atoms. The quantitative estimate of drug-likeness (QED) is 0.199. The Labute approximate surface area is 484 Å². The predicted octanol–water partition coefficient (Wildman–Crippen LogP) is -0.0377. The fourth-order valence-corrected chi connectivity index (χ4v) is 3.26. The Morgan fingerprint density at radius 1 is 0.253 bits per heavy atom. The number of terminal acetylenes is 3. The molecule has 0 unspecified atom stereocenters. The molecular weight excluding hydrogens is 1030 g/mol. The van der Waals surface area contributed by atoms with Gasteiger partial charge in [-0.25, -0.2) is 4.79 Å². The Morgan fingerprint density at radius 2 is 0.422 bits per heavy atom. The largest absolute Gasteiger partial charge is 0.446 e. The number of esters is 4. The highest BCUT2D eigenvalue weighted by molar-refractivity contribution is 5.93. The molecule has 0 aliphatic rings. The third-order valence-electron chi connectivity index (χ3n) is 6.05. The molecule has 0 aromatic carbocycles. The zero-order valence-corrected chi connectivity index (χ0v) is 42.1. The fraction of sp³-hybridized carbons (Fsp3) is 0.0667. The van der Waals surface area contributed by atoms with Gasteiger partial charge in [0.15, 0.2) is 0 Å². The van der Waals surface area contributed by atoms with Crippen molar-refractivity contribution in [3.8, 4) is 393 Å². The first-order valence-corrected chi connectivity index (χ1v) is 21.0. The van der Waals surface area contributed by atoms with Crippen LogP contribution in [0, 0.1) is 393 Å². The molecule has 0 saturated heterocycles. The zero-order valence-electron chi connectivity index (χ0n) is 42.1. The molecule has 8 heteroatoms. The summed E-state index contributed by atoms with van der Waals surface area (Å²) in [5.74, 6) is 137. The van der Waals surface area contributed by atoms with Crippen LogP contribution in [0.5, 0.6) is 0 Å². The van der Waals surface area contributed by atoms with Gasteiger partial charge in [0, 0.05) is 220 Å². The van der Waals surface area contributed by atoms with Gasteiger partial charge in [0.25, 0.3) is 0 Å². The zero-order chi connectivity index (χ0) is 60.3. The van der Waals surface area contributed by atoms with Crippen LogP contribution in [0.3, 0.4) is 0 Å². The first kappa shape index (κ1) is 66.4. The van der Waals surface area contributed by atoms with Crippen molar-refractivity contribution >= 4 is 23.9 Å². The van der Waals surface area contributed by atoms with E-state index in [1.54, 1.807) is 0 Å². The van der Waals surface area contributed by atoms with Gasteiger partial charge >= 0.3 is 23.9 Å². The van der Waals surface area contributed by atoms with Crippen LogP contribution in [0.1, 0.15) is 26.2 Å². The van der Waals surface area contributed by atoms with Gasteiger partial charge in [0.1, 0.15) is 18.3 Å². The van der Waals surface area contributed by atoms with Crippen molar-refractivity contribution in [2.24, 2.45) is 0 Å². The lowest BCUT2D eigenvalue weighted by Gasteiger charge is -2.27. The first-order chi connectivity index (χ1) is 40.8. The summed E-state index contributed by atoms with van der Waals surface area (Å²) in [7, 11) is 0. The van der Waals surface area contributed by atoms with E-state index in [4.69, 9.17) is 38.2 Å². The Morgan fingerprint density at radius 3 is 0.602 bits per heavy atom. The molecule has 0 heterocycles. The maximum Gasteiger partial charge on any atom is 0.365 e. The number of carbonyl (C=O) groups is 4. The molecule has 0 fully saturated rings. The Balaban J connectivity index is 6.30. The minimum atomic E-state index is -2.75. The summed E-state index contributed by atoms with van der Waals surface area (Å²) < 4.78 is 19.9. The molecule has 0 aromatic rings. The van der Waals surface area contributed by atoms with Crippen LogP contribution >= 0.6 is 0 Å². The van der Waals surface area contributed by atoms with Gasteiger partial charge in [-0.3, -0.25) is 14.4 Å². The average molecular weight is 1040 g/mol. The fourth-order valence-electron chi connectivity index (χ4n) is 3.26. The molecule has 0 bridgehead atoms. The van der Waals surface area contributed by atoms with Crippen LogP contribution in [0.2, 0.25) is 0 Å². The third kappa shape index (κ3) is 46.2. The van der Waals surface area contributed by atoms with Crippen molar-refractivity contribution in [3.63, 3.8) is 0 Å². The highest BCUT2D eigenvalue weighted by Gasteiger charge is 2.49. The van der Waals surface area contributed by atoms with Crippen molar-refractivity contribution in [2.75, 3.05) is 0 Å². The smallest absolute Gasteiger partial charge is 0.365 e. The molecule has 8 nitrogen and oxygen atoms in total. The van der Waals surface area contributed by atoms with E-state index in [1.165, 1.54) is 6.92 Å². The number of ether oxygens (including phenoxy) is 4. The highest BCUT2D eigenvalue weighted by Crippen LogP contribution is 2.26. The molecular formula is C75H12O8. The van der Waals surface area contributed by atoms with E-state index in [2.05, 4.69) is 355 Å². The summed E-state index contributed by atoms with van der Waals surface area (Å²) in [4.78, 5) is 52.1. The predicted molar refractivity (Wildman–Crippen MR) is 306 cm³/mol. The lowest BCUT2D eigenvalue weighted by atomic mass is 9.95. The summed E-state index contributed by atoms with van der Waals surface area (Å²) in [5, 5.41) is 0. The molecule has 0 spiro atoms. The molecule has 0 N–H and O–H groups in total. The summed E-state index contributed by atoms with van der Waals surface area (Å²) in [6.45, 7) is 1.36. The van der Waals surface area contributed by atoms with Gasteiger partial charge < -0.3 is 18.9 Å². The lowest BCUT2D eigenvalue weighted by Crippen LogP contribution is -2.48. The van der Waals surface area contributed by atoms with Crippen LogP contribution < -0.4 is 0 Å². The topological polar surface area (TPSA) is 105 Å². The maximum atomic E-state index is 13.5. The van der Waals surface area contributed by atoms with Crippen molar-refractivity contribution < 1.29 is 38.1 Å². The molecule has 0 aliphatic carbocycles. The number of rotatable bonds is 7. The van der Waals surface area contributed by atoms with Crippen LogP contribution in [0.15, 0.2) is 0 Å². The summed E-state index contributed by atoms with van der Waals surface area (Å²) in [6, 6.07) is 0. The summed E-state index contributed by atoms with van der Waals surface area (Å²) >= 11 is 0. The second kappa shape index (κ2) is 53.2. The minimum absolute atomic E-state index is 0.337. The van der Waals surface area contributed by atoms with Crippen molar-refractivity contribution in [1.82, 2.24) is 0 Å². The monoisotopic (exact) mass is 1040 g/mol. The van der Waals surface area contributed by atoms with E-state index < -0.39 is 42.3 Å². The van der Waals surface area contributed by atoms with Gasteiger partial charge in [0.05, 0.1) is 12.8 Å². The highest BCUT2D eigenvalue weighted by atomic mass is 16.6. The van der Waals surface area contributed by atoms with Crippen molar-refractivity contribution in [1.29, 1.82) is 0 Å². The normalized spacial score (nSPS) is 5.47. The van der Waals surface area contributed by atoms with Gasteiger partial charge in [-0.05, 0) is 142 Å². The molecule has 360 valence electrons. The molecule has 0 radical (unpaired) electrons. The van der Waals surface area contributed by atoms with Gasteiger partial charge in [-0.1, -0.05) is 6.92 Å². The molecule has 0 aromatic heterocycles. The van der Waals surface area contributed by atoms with Gasteiger partial charge in [-0.15, -0.1) is 19.3 Å². The van der Waals surface area contributed by atoms with Crippen molar-refractivity contribution in [2.45, 2.75) is 31.8 Å². The lowest BCUT2D eigenvalue weighted by molar-refractivity contribution is -0.185. The second-order valence-electron chi connectivity index (χ2n) is 11.4. The molecule has 0 amide bonds. The van der Waals surface area contributed by atoms with E-state index in [1.807, 2.05) is 18.3 Å². The Hall–Kier alpha value is -16.6. The van der Waals surface area contributed by atoms with E-state index in [0.717, 1.165) is 0 Å². The van der Waals surface area contributed by atoms with Crippen LogP contribution in [0.25, 0.3) is 0 Å². The van der Waals surface area contributed by atoms with E-state index in [-0.39, 0.29) is 6.42 Å². The molecule has 0 saturated carbocycles. The number of carbonyl (C=O) groups excluding carboxylic acids is 4. The van der Waals surface area contributed by atoms with E-state index in [0.29, 0.717) is 0 Å². The Bertz CT molecular complexity index is 4780.